The van der Waals surface area contributed by atoms with Crippen LogP contribution in [0.3, 0.4) is 0 Å². The van der Waals surface area contributed by atoms with E-state index in [0.29, 0.717) is 29.1 Å². The first-order valence-electron chi connectivity index (χ1n) is 9.43. The molecule has 3 atom stereocenters. The molecule has 1 aliphatic rings. The van der Waals surface area contributed by atoms with E-state index < -0.39 is 17.5 Å². The van der Waals surface area contributed by atoms with Gasteiger partial charge in [0.25, 0.3) is 0 Å². The van der Waals surface area contributed by atoms with Crippen LogP contribution in [0.15, 0.2) is 45.6 Å². The fourth-order valence-corrected chi connectivity index (χ4v) is 4.32. The van der Waals surface area contributed by atoms with Gasteiger partial charge in [-0.3, -0.25) is 4.79 Å². The average molecular weight is 414 g/mol. The van der Waals surface area contributed by atoms with Gasteiger partial charge in [-0.1, -0.05) is 23.7 Å². The summed E-state index contributed by atoms with van der Waals surface area (Å²) in [4.78, 5) is 14.9. The number of halogens is 1. The zero-order valence-corrected chi connectivity index (χ0v) is 16.8. The van der Waals surface area contributed by atoms with E-state index in [1.807, 2.05) is 19.8 Å². The Kier molecular flexibility index (Phi) is 5.06. The molecule has 3 aromatic rings. The predicted octanol–water partition coefficient (Wildman–Crippen LogP) is 2.26. The SMILES string of the molecule is BC1C[C@H](c2c(O)cc(O)c3c(=O)cc(-c4ccccc4Cl)oc23)[C@H](O)CN1C. The van der Waals surface area contributed by atoms with Gasteiger partial charge in [0.1, 0.15) is 36.1 Å². The van der Waals surface area contributed by atoms with Gasteiger partial charge in [-0.15, -0.1) is 0 Å². The number of aromatic hydroxyl groups is 2. The molecule has 0 aliphatic carbocycles. The predicted molar refractivity (Wildman–Crippen MR) is 115 cm³/mol. The van der Waals surface area contributed by atoms with E-state index in [2.05, 4.69) is 0 Å². The number of likely N-dealkylation sites (tertiary alicyclic amines) is 1. The summed E-state index contributed by atoms with van der Waals surface area (Å²) in [6.07, 6.45) is -0.199. The number of phenols is 2. The van der Waals surface area contributed by atoms with Gasteiger partial charge in [-0.2, -0.15) is 0 Å². The topological polar surface area (TPSA) is 94.1 Å². The minimum atomic E-state index is -0.760. The highest BCUT2D eigenvalue weighted by molar-refractivity contribution is 6.33. The number of hydrogen-bond donors (Lipinski definition) is 3. The molecule has 1 unspecified atom stereocenters. The zero-order valence-electron chi connectivity index (χ0n) is 16.1. The number of piperidine rings is 1. The Morgan fingerprint density at radius 1 is 1.21 bits per heavy atom. The summed E-state index contributed by atoms with van der Waals surface area (Å²) >= 11 is 6.27. The van der Waals surface area contributed by atoms with Gasteiger partial charge in [0.2, 0.25) is 0 Å². The summed E-state index contributed by atoms with van der Waals surface area (Å²) in [5.74, 6) is -0.639. The largest absolute Gasteiger partial charge is 0.507 e. The minimum absolute atomic E-state index is 0.0209. The number of hydrogen-bond acceptors (Lipinski definition) is 6. The van der Waals surface area contributed by atoms with Crippen molar-refractivity contribution in [2.45, 2.75) is 24.4 Å². The van der Waals surface area contributed by atoms with E-state index in [9.17, 15) is 20.1 Å². The van der Waals surface area contributed by atoms with Crippen LogP contribution >= 0.6 is 11.6 Å². The van der Waals surface area contributed by atoms with Crippen LogP contribution in [-0.2, 0) is 0 Å². The Hall–Kier alpha value is -2.48. The number of benzene rings is 2. The van der Waals surface area contributed by atoms with E-state index in [0.717, 1.165) is 6.07 Å². The number of likely N-dealkylation sites (N-methyl/N-ethyl adjacent to an activating group) is 1. The van der Waals surface area contributed by atoms with Crippen LogP contribution in [0.1, 0.15) is 17.9 Å². The number of β-amino-alcohol motifs (C(OH)–C–C–N with tert-alkyl or cyclic N) is 1. The van der Waals surface area contributed by atoms with Crippen molar-refractivity contribution < 1.29 is 19.7 Å². The maximum absolute atomic E-state index is 12.8. The van der Waals surface area contributed by atoms with Crippen molar-refractivity contribution in [3.05, 3.63) is 57.2 Å². The quantitative estimate of drug-likeness (QED) is 0.558. The molecule has 4 rings (SSSR count). The lowest BCUT2D eigenvalue weighted by molar-refractivity contribution is 0.0526. The maximum atomic E-state index is 12.8. The molecule has 8 heteroatoms. The average Bonchev–Trinajstić information content (AvgIpc) is 2.65. The smallest absolute Gasteiger partial charge is 0.197 e. The van der Waals surface area contributed by atoms with Crippen molar-refractivity contribution in [1.29, 1.82) is 0 Å². The monoisotopic (exact) mass is 413 g/mol. The second-order valence-corrected chi connectivity index (χ2v) is 8.09. The standard InChI is InChI=1S/C21H21BClNO5/c1-24-9-16(28)11(6-18(24)22)19-13(25)7-14(26)20-15(27)8-17(29-21(19)20)10-4-2-3-5-12(10)23/h2-5,7-8,11,16,18,25-26,28H,6,9,22H2,1H3/t11-,16+,18?/m0/s1. The lowest BCUT2D eigenvalue weighted by Crippen LogP contribution is -2.47. The lowest BCUT2D eigenvalue weighted by atomic mass is 9.76. The first-order chi connectivity index (χ1) is 13.8. The molecule has 2 aromatic carbocycles. The highest BCUT2D eigenvalue weighted by Crippen LogP contribution is 2.43. The molecule has 1 aliphatic heterocycles. The van der Waals surface area contributed by atoms with Crippen LogP contribution in [0.2, 0.25) is 5.02 Å². The molecule has 3 N–H and O–H groups in total. The van der Waals surface area contributed by atoms with Crippen molar-refractivity contribution >= 4 is 30.4 Å². The van der Waals surface area contributed by atoms with Gasteiger partial charge >= 0.3 is 0 Å². The minimum Gasteiger partial charge on any atom is -0.507 e. The fraction of sp³-hybridized carbons (Fsp3) is 0.286. The molecule has 1 saturated heterocycles. The summed E-state index contributed by atoms with van der Waals surface area (Å²) < 4.78 is 6.04. The van der Waals surface area contributed by atoms with Crippen LogP contribution in [0, 0.1) is 0 Å². The molecule has 0 amide bonds. The van der Waals surface area contributed by atoms with Gasteiger partial charge in [0, 0.05) is 35.7 Å². The van der Waals surface area contributed by atoms with Crippen molar-refractivity contribution in [2.24, 2.45) is 0 Å². The molecular weight excluding hydrogens is 392 g/mol. The molecule has 0 saturated carbocycles. The maximum Gasteiger partial charge on any atom is 0.197 e. The Balaban J connectivity index is 2.00. The van der Waals surface area contributed by atoms with Crippen molar-refractivity contribution in [2.75, 3.05) is 13.6 Å². The van der Waals surface area contributed by atoms with E-state index in [1.54, 1.807) is 24.3 Å². The molecule has 6 nitrogen and oxygen atoms in total. The molecule has 150 valence electrons. The molecular formula is C21H21BClNO5. The second kappa shape index (κ2) is 7.41. The molecule has 1 fully saturated rings. The third-order valence-electron chi connectivity index (χ3n) is 5.79. The van der Waals surface area contributed by atoms with E-state index in [4.69, 9.17) is 16.0 Å². The lowest BCUT2D eigenvalue weighted by Gasteiger charge is -2.39. The second-order valence-electron chi connectivity index (χ2n) is 7.69. The van der Waals surface area contributed by atoms with Gasteiger partial charge in [0.05, 0.1) is 11.1 Å². The Morgan fingerprint density at radius 3 is 2.66 bits per heavy atom. The summed E-state index contributed by atoms with van der Waals surface area (Å²) in [6.45, 7) is 0.419. The van der Waals surface area contributed by atoms with Crippen LogP contribution < -0.4 is 5.43 Å². The zero-order chi connectivity index (χ0) is 20.9. The number of aliphatic hydroxyl groups excluding tert-OH is 1. The number of rotatable bonds is 2. The third kappa shape index (κ3) is 3.39. The number of aliphatic hydroxyl groups is 1. The summed E-state index contributed by atoms with van der Waals surface area (Å²) in [5, 5.41) is 32.1. The van der Waals surface area contributed by atoms with E-state index >= 15 is 0 Å². The molecule has 0 bridgehead atoms. The van der Waals surface area contributed by atoms with E-state index in [1.165, 1.54) is 6.07 Å². The van der Waals surface area contributed by atoms with Crippen molar-refractivity contribution in [3.63, 3.8) is 0 Å². The van der Waals surface area contributed by atoms with Gasteiger partial charge in [-0.25, -0.2) is 0 Å². The van der Waals surface area contributed by atoms with Crippen LogP contribution in [0.5, 0.6) is 11.5 Å². The van der Waals surface area contributed by atoms with Crippen molar-refractivity contribution in [3.8, 4) is 22.8 Å². The third-order valence-corrected chi connectivity index (χ3v) is 6.12. The summed E-state index contributed by atoms with van der Waals surface area (Å²) in [6, 6.07) is 9.36. The Morgan fingerprint density at radius 2 is 1.93 bits per heavy atom. The highest BCUT2D eigenvalue weighted by Gasteiger charge is 2.35. The molecule has 29 heavy (non-hydrogen) atoms. The fourth-order valence-electron chi connectivity index (χ4n) is 4.09. The normalized spacial score (nSPS) is 22.8. The summed E-state index contributed by atoms with van der Waals surface area (Å²) in [7, 11) is 3.96. The molecule has 0 radical (unpaired) electrons. The molecule has 1 aromatic heterocycles. The molecule has 0 spiro atoms. The van der Waals surface area contributed by atoms with Gasteiger partial charge in [-0.05, 0) is 31.5 Å². The Bertz CT molecular complexity index is 1150. The number of phenolic OH excluding ortho intramolecular Hbond substituents is 2. The van der Waals surface area contributed by atoms with Gasteiger partial charge in [0.15, 0.2) is 5.43 Å². The number of fused-ring (bicyclic) bond motifs is 1. The van der Waals surface area contributed by atoms with Crippen LogP contribution in [0.4, 0.5) is 0 Å². The summed E-state index contributed by atoms with van der Waals surface area (Å²) in [5.41, 5.74) is 0.483. The van der Waals surface area contributed by atoms with E-state index in [-0.39, 0.29) is 34.2 Å². The molecule has 2 heterocycles. The first-order valence-corrected chi connectivity index (χ1v) is 9.81. The van der Waals surface area contributed by atoms with Crippen LogP contribution in [-0.4, -0.2) is 53.7 Å². The highest BCUT2D eigenvalue weighted by atomic mass is 35.5. The van der Waals surface area contributed by atoms with Gasteiger partial charge < -0.3 is 24.6 Å². The van der Waals surface area contributed by atoms with Crippen LogP contribution in [0.25, 0.3) is 22.3 Å². The first kappa shape index (κ1) is 19.8. The number of nitrogens with zero attached hydrogens (tertiary/aromatic N) is 1. The van der Waals surface area contributed by atoms with Crippen molar-refractivity contribution in [1.82, 2.24) is 4.90 Å². The Labute approximate surface area is 173 Å².